The monoisotopic (exact) mass is 582 g/mol. The number of likely N-dealkylation sites (tertiary alicyclic amines) is 1. The van der Waals surface area contributed by atoms with Gasteiger partial charge in [-0.2, -0.15) is 0 Å². The minimum Gasteiger partial charge on any atom is -0.465 e. The van der Waals surface area contributed by atoms with Crippen LogP contribution in [0.25, 0.3) is 0 Å². The third-order valence-corrected chi connectivity index (χ3v) is 11.7. The number of carbonyl (C=O) groups excluding carboxylic acids is 3. The number of allylic oxidation sites excluding steroid dienone is 1. The molecule has 3 unspecified atom stereocenters. The first kappa shape index (κ1) is 31.4. The van der Waals surface area contributed by atoms with Crippen molar-refractivity contribution in [1.29, 1.82) is 0 Å². The molecule has 8 heteroatoms. The zero-order valence-corrected chi connectivity index (χ0v) is 26.0. The molecule has 1 aromatic rings. The van der Waals surface area contributed by atoms with Crippen molar-refractivity contribution in [2.45, 2.75) is 82.4 Å². The molecule has 41 heavy (non-hydrogen) atoms. The van der Waals surface area contributed by atoms with E-state index in [-0.39, 0.29) is 54.6 Å². The summed E-state index contributed by atoms with van der Waals surface area (Å²) < 4.78 is 4.92. The van der Waals surface area contributed by atoms with Gasteiger partial charge in [-0.1, -0.05) is 57.5 Å². The number of anilines is 1. The number of aryl methyl sites for hydroxylation is 2. The van der Waals surface area contributed by atoms with Crippen molar-refractivity contribution in [2.24, 2.45) is 23.7 Å². The van der Waals surface area contributed by atoms with Gasteiger partial charge >= 0.3 is 5.97 Å². The summed E-state index contributed by atoms with van der Waals surface area (Å²) in [5.74, 6) is -2.05. The number of rotatable bonds is 13. The minimum atomic E-state index is -0.825. The number of thioether (sulfide) groups is 1. The number of esters is 1. The van der Waals surface area contributed by atoms with E-state index >= 15 is 0 Å². The van der Waals surface area contributed by atoms with Crippen LogP contribution in [0.5, 0.6) is 0 Å². The molecule has 7 nitrogen and oxygen atoms in total. The van der Waals surface area contributed by atoms with Crippen LogP contribution < -0.4 is 4.90 Å². The molecule has 4 rings (SSSR count). The zero-order valence-electron chi connectivity index (χ0n) is 25.2. The first-order valence-electron chi connectivity index (χ1n) is 15.0. The van der Waals surface area contributed by atoms with Crippen molar-refractivity contribution in [3.05, 3.63) is 54.6 Å². The van der Waals surface area contributed by atoms with E-state index in [1.807, 2.05) is 45.9 Å². The molecule has 0 radical (unpaired) electrons. The topological polar surface area (TPSA) is 87.1 Å². The normalized spacial score (nSPS) is 29.7. The van der Waals surface area contributed by atoms with Gasteiger partial charge in [0.2, 0.25) is 5.91 Å². The van der Waals surface area contributed by atoms with Gasteiger partial charge in [0, 0.05) is 17.5 Å². The summed E-state index contributed by atoms with van der Waals surface area (Å²) in [4.78, 5) is 46.6. The molecule has 1 spiro atoms. The van der Waals surface area contributed by atoms with Crippen LogP contribution in [0.2, 0.25) is 0 Å². The van der Waals surface area contributed by atoms with E-state index in [2.05, 4.69) is 20.1 Å². The van der Waals surface area contributed by atoms with E-state index in [1.165, 1.54) is 0 Å². The lowest BCUT2D eigenvalue weighted by Gasteiger charge is -2.43. The molecule has 0 saturated carbocycles. The molecule has 3 aliphatic rings. The Labute approximate surface area is 249 Å². The van der Waals surface area contributed by atoms with Gasteiger partial charge in [0.15, 0.2) is 0 Å². The van der Waals surface area contributed by atoms with Gasteiger partial charge in [0.1, 0.15) is 6.04 Å². The Bertz CT molecular complexity index is 1170. The van der Waals surface area contributed by atoms with E-state index < -0.39 is 28.7 Å². The second kappa shape index (κ2) is 12.7. The van der Waals surface area contributed by atoms with Crippen LogP contribution in [-0.2, 0) is 19.1 Å². The predicted molar refractivity (Wildman–Crippen MR) is 165 cm³/mol. The molecule has 2 bridgehead atoms. The summed E-state index contributed by atoms with van der Waals surface area (Å²) in [6.45, 7) is 18.1. The van der Waals surface area contributed by atoms with Crippen LogP contribution in [0.1, 0.15) is 57.6 Å². The number of hydrogen-bond acceptors (Lipinski definition) is 6. The van der Waals surface area contributed by atoms with Crippen molar-refractivity contribution in [3.8, 4) is 0 Å². The highest BCUT2D eigenvalue weighted by Crippen LogP contribution is 2.69. The number of ether oxygens (including phenoxy) is 1. The average molecular weight is 583 g/mol. The highest BCUT2D eigenvalue weighted by molar-refractivity contribution is 8.02. The summed E-state index contributed by atoms with van der Waals surface area (Å²) in [6.07, 6.45) is 6.40. The summed E-state index contributed by atoms with van der Waals surface area (Å²) in [5.41, 5.74) is 2.74. The number of amides is 2. The fourth-order valence-electron chi connectivity index (χ4n) is 7.48. The number of carbonyl (C=O) groups is 3. The minimum absolute atomic E-state index is 0.0232. The lowest BCUT2D eigenvalue weighted by molar-refractivity contribution is -0.155. The van der Waals surface area contributed by atoms with Gasteiger partial charge in [0.05, 0.1) is 35.8 Å². The van der Waals surface area contributed by atoms with E-state index in [1.54, 1.807) is 33.7 Å². The Morgan fingerprint density at radius 2 is 1.95 bits per heavy atom. The zero-order chi connectivity index (χ0) is 30.1. The van der Waals surface area contributed by atoms with Gasteiger partial charge in [-0.05, 0) is 56.1 Å². The smallest absolute Gasteiger partial charge is 0.310 e. The number of para-hydroxylation sites is 1. The van der Waals surface area contributed by atoms with Crippen LogP contribution in [0.15, 0.2) is 43.5 Å². The summed E-state index contributed by atoms with van der Waals surface area (Å²) in [5, 5.41) is 10.6. The van der Waals surface area contributed by atoms with Crippen molar-refractivity contribution < 1.29 is 24.2 Å². The third kappa shape index (κ3) is 5.16. The SMILES string of the molecule is C=CCCCOC(=O)[C@@H]1[C@H]2C(=O)N([C@@H](CO)[C@@H](C)CC)C(C(=O)N(CC=C)c3c(C)cccc3C)C23S[C@@H]1CC3C. The predicted octanol–water partition coefficient (Wildman–Crippen LogP) is 5.08. The molecule has 3 fully saturated rings. The number of nitrogens with zero attached hydrogens (tertiary/aromatic N) is 2. The Balaban J connectivity index is 1.84. The number of hydrogen-bond donors (Lipinski definition) is 1. The van der Waals surface area contributed by atoms with Gasteiger partial charge in [-0.15, -0.1) is 24.9 Å². The average Bonchev–Trinajstić information content (AvgIpc) is 3.54. The number of aliphatic hydroxyl groups is 1. The largest absolute Gasteiger partial charge is 0.465 e. The van der Waals surface area contributed by atoms with Crippen LogP contribution >= 0.6 is 11.8 Å². The van der Waals surface area contributed by atoms with Crippen LogP contribution in [0.4, 0.5) is 5.69 Å². The number of aliphatic hydroxyl groups excluding tert-OH is 1. The highest BCUT2D eigenvalue weighted by atomic mass is 32.2. The maximum absolute atomic E-state index is 15.0. The number of unbranched alkanes of at least 4 members (excludes halogenated alkanes) is 1. The Kier molecular flexibility index (Phi) is 9.74. The Hall–Kier alpha value is -2.58. The van der Waals surface area contributed by atoms with E-state index in [0.717, 1.165) is 36.1 Å². The second-order valence-electron chi connectivity index (χ2n) is 12.0. The maximum atomic E-state index is 15.0. The van der Waals surface area contributed by atoms with Gasteiger partial charge in [-0.25, -0.2) is 0 Å². The van der Waals surface area contributed by atoms with Crippen LogP contribution in [-0.4, -0.2) is 69.6 Å². The lowest BCUT2D eigenvalue weighted by Crippen LogP contribution is -2.60. The maximum Gasteiger partial charge on any atom is 0.310 e. The molecular formula is C33H46N2O5S. The third-order valence-electron chi connectivity index (χ3n) is 9.62. The molecule has 3 aliphatic heterocycles. The van der Waals surface area contributed by atoms with Gasteiger partial charge < -0.3 is 19.6 Å². The molecule has 3 heterocycles. The molecular weight excluding hydrogens is 536 g/mol. The molecule has 0 aliphatic carbocycles. The molecule has 224 valence electrons. The molecule has 2 amide bonds. The Morgan fingerprint density at radius 3 is 2.54 bits per heavy atom. The first-order chi connectivity index (χ1) is 19.6. The number of benzene rings is 1. The molecule has 8 atom stereocenters. The van der Waals surface area contributed by atoms with Gasteiger partial charge in [0.25, 0.3) is 5.91 Å². The first-order valence-corrected chi connectivity index (χ1v) is 15.8. The number of fused-ring (bicyclic) bond motifs is 1. The van der Waals surface area contributed by atoms with Crippen LogP contribution in [0, 0.1) is 37.5 Å². The summed E-state index contributed by atoms with van der Waals surface area (Å²) in [6, 6.07) is 4.57. The molecule has 3 saturated heterocycles. The van der Waals surface area contributed by atoms with Crippen molar-refractivity contribution >= 4 is 35.2 Å². The van der Waals surface area contributed by atoms with E-state index in [9.17, 15) is 19.5 Å². The van der Waals surface area contributed by atoms with Crippen molar-refractivity contribution in [3.63, 3.8) is 0 Å². The fourth-order valence-corrected chi connectivity index (χ4v) is 9.87. The lowest BCUT2D eigenvalue weighted by atomic mass is 9.66. The summed E-state index contributed by atoms with van der Waals surface area (Å²) >= 11 is 1.63. The molecule has 1 aromatic carbocycles. The van der Waals surface area contributed by atoms with Crippen LogP contribution in [0.3, 0.4) is 0 Å². The van der Waals surface area contributed by atoms with Crippen molar-refractivity contribution in [2.75, 3.05) is 24.7 Å². The molecule has 1 N–H and O–H groups in total. The quantitative estimate of drug-likeness (QED) is 0.198. The van der Waals surface area contributed by atoms with Gasteiger partial charge in [-0.3, -0.25) is 14.4 Å². The van der Waals surface area contributed by atoms with E-state index in [4.69, 9.17) is 4.74 Å². The van der Waals surface area contributed by atoms with Crippen molar-refractivity contribution in [1.82, 2.24) is 4.90 Å². The second-order valence-corrected chi connectivity index (χ2v) is 13.6. The molecule has 0 aromatic heterocycles. The standard InChI is InChI=1S/C33H46N2O5S/c1-8-11-12-17-40-32(39)26-25-18-23(7)33(41-25)27(26)30(37)35(24(19-36)20(4)10-3)29(33)31(38)34(16-9-2)28-21(5)14-13-15-22(28)6/h8-9,13-15,20,23-27,29,36H,1-2,10-12,16-19H2,3-7H3/t20-,23?,24-,25+,26-,27-,29?,33?/m0/s1. The summed E-state index contributed by atoms with van der Waals surface area (Å²) in [7, 11) is 0. The Morgan fingerprint density at radius 1 is 1.27 bits per heavy atom. The fraction of sp³-hybridized carbons (Fsp3) is 0.606. The van der Waals surface area contributed by atoms with E-state index in [0.29, 0.717) is 6.42 Å². The highest BCUT2D eigenvalue weighted by Gasteiger charge is 2.77.